The molecule has 1 saturated carbocycles. The lowest BCUT2D eigenvalue weighted by Gasteiger charge is -2.40. The molecule has 1 aliphatic carbocycles. The van der Waals surface area contributed by atoms with Crippen LogP contribution < -0.4 is 10.2 Å². The van der Waals surface area contributed by atoms with Crippen LogP contribution in [-0.4, -0.2) is 62.7 Å². The summed E-state index contributed by atoms with van der Waals surface area (Å²) in [5.74, 6) is 1.30. The SMILES string of the molecule is O=C([C@H](Nc1cc(F)cc(Cl)c1)C1CC1)N1CC[C@@H]2CCN(c3ncnc4[nH]ncc34)C[C@@H]21. The van der Waals surface area contributed by atoms with E-state index in [0.29, 0.717) is 22.3 Å². The van der Waals surface area contributed by atoms with E-state index in [0.717, 1.165) is 56.5 Å². The number of rotatable bonds is 5. The third-order valence-electron chi connectivity index (χ3n) is 7.22. The molecular weight excluding hydrogens is 445 g/mol. The van der Waals surface area contributed by atoms with Gasteiger partial charge in [-0.15, -0.1) is 0 Å². The number of aromatic nitrogens is 4. The van der Waals surface area contributed by atoms with E-state index in [1.165, 1.54) is 12.1 Å². The maximum absolute atomic E-state index is 13.9. The highest BCUT2D eigenvalue weighted by molar-refractivity contribution is 6.30. The summed E-state index contributed by atoms with van der Waals surface area (Å²) >= 11 is 6.04. The first-order valence-corrected chi connectivity index (χ1v) is 11.9. The Kier molecular flexibility index (Phi) is 5.09. The summed E-state index contributed by atoms with van der Waals surface area (Å²) in [5, 5.41) is 11.5. The van der Waals surface area contributed by atoms with Gasteiger partial charge in [0.2, 0.25) is 5.91 Å². The molecule has 0 bridgehead atoms. The number of amides is 1. The zero-order valence-electron chi connectivity index (χ0n) is 18.0. The second-order valence-electron chi connectivity index (χ2n) is 9.33. The number of hydrogen-bond acceptors (Lipinski definition) is 6. The summed E-state index contributed by atoms with van der Waals surface area (Å²) in [7, 11) is 0. The molecule has 2 aliphatic heterocycles. The lowest BCUT2D eigenvalue weighted by molar-refractivity contribution is -0.133. The van der Waals surface area contributed by atoms with Crippen LogP contribution in [0.25, 0.3) is 11.0 Å². The van der Waals surface area contributed by atoms with Gasteiger partial charge in [0.25, 0.3) is 0 Å². The average molecular weight is 470 g/mol. The molecule has 172 valence electrons. The number of piperidine rings is 1. The Balaban J connectivity index is 1.23. The number of nitrogens with one attached hydrogen (secondary N) is 2. The number of likely N-dealkylation sites (tertiary alicyclic amines) is 1. The number of carbonyl (C=O) groups excluding carboxylic acids is 1. The maximum atomic E-state index is 13.9. The minimum absolute atomic E-state index is 0.100. The molecule has 2 aromatic heterocycles. The van der Waals surface area contributed by atoms with Crippen molar-refractivity contribution in [2.75, 3.05) is 29.9 Å². The highest BCUT2D eigenvalue weighted by atomic mass is 35.5. The number of carbonyl (C=O) groups is 1. The second-order valence-corrected chi connectivity index (χ2v) is 9.77. The van der Waals surface area contributed by atoms with E-state index in [4.69, 9.17) is 11.6 Å². The number of aromatic amines is 1. The predicted octanol–water partition coefficient (Wildman–Crippen LogP) is 3.46. The first-order chi connectivity index (χ1) is 16.1. The van der Waals surface area contributed by atoms with E-state index in [1.54, 1.807) is 18.6 Å². The van der Waals surface area contributed by atoms with Gasteiger partial charge in [-0.3, -0.25) is 9.89 Å². The first kappa shape index (κ1) is 20.7. The van der Waals surface area contributed by atoms with Crippen molar-refractivity contribution in [2.24, 2.45) is 11.8 Å². The van der Waals surface area contributed by atoms with Crippen LogP contribution in [0.15, 0.2) is 30.7 Å². The highest BCUT2D eigenvalue weighted by Crippen LogP contribution is 2.39. The van der Waals surface area contributed by atoms with Crippen molar-refractivity contribution >= 4 is 40.0 Å². The van der Waals surface area contributed by atoms with Crippen molar-refractivity contribution in [1.29, 1.82) is 0 Å². The average Bonchev–Trinajstić information content (AvgIpc) is 3.36. The fourth-order valence-electron chi connectivity index (χ4n) is 5.42. The molecule has 1 aromatic carbocycles. The van der Waals surface area contributed by atoms with Gasteiger partial charge in [-0.2, -0.15) is 5.10 Å². The fraction of sp³-hybridized carbons (Fsp3) is 0.478. The zero-order valence-corrected chi connectivity index (χ0v) is 18.8. The number of anilines is 2. The third-order valence-corrected chi connectivity index (χ3v) is 7.43. The normalized spacial score (nSPS) is 23.6. The molecule has 3 atom stereocenters. The number of benzene rings is 1. The smallest absolute Gasteiger partial charge is 0.245 e. The molecule has 2 saturated heterocycles. The summed E-state index contributed by atoms with van der Waals surface area (Å²) in [6, 6.07) is 4.11. The molecule has 1 amide bonds. The third kappa shape index (κ3) is 3.88. The summed E-state index contributed by atoms with van der Waals surface area (Å²) in [6.07, 6.45) is 7.33. The van der Waals surface area contributed by atoms with Crippen LogP contribution >= 0.6 is 11.6 Å². The van der Waals surface area contributed by atoms with E-state index < -0.39 is 5.82 Å². The van der Waals surface area contributed by atoms with E-state index >= 15 is 0 Å². The molecule has 4 heterocycles. The van der Waals surface area contributed by atoms with Crippen LogP contribution in [0.3, 0.4) is 0 Å². The van der Waals surface area contributed by atoms with Crippen molar-refractivity contribution in [3.05, 3.63) is 41.6 Å². The second kappa shape index (κ2) is 8.13. The molecule has 8 nitrogen and oxygen atoms in total. The number of nitrogens with zero attached hydrogens (tertiary/aromatic N) is 5. The molecule has 0 unspecified atom stereocenters. The van der Waals surface area contributed by atoms with Gasteiger partial charge in [0.15, 0.2) is 5.65 Å². The lowest BCUT2D eigenvalue weighted by Crippen LogP contribution is -2.53. The fourth-order valence-corrected chi connectivity index (χ4v) is 5.64. The van der Waals surface area contributed by atoms with E-state index in [-0.39, 0.29) is 23.9 Å². The van der Waals surface area contributed by atoms with Crippen LogP contribution in [0, 0.1) is 17.7 Å². The molecule has 3 aromatic rings. The topological polar surface area (TPSA) is 90.0 Å². The first-order valence-electron chi connectivity index (χ1n) is 11.5. The van der Waals surface area contributed by atoms with Crippen LogP contribution in [-0.2, 0) is 4.79 Å². The molecule has 3 aliphatic rings. The van der Waals surface area contributed by atoms with Gasteiger partial charge >= 0.3 is 0 Å². The van der Waals surface area contributed by atoms with Gasteiger partial charge in [-0.1, -0.05) is 11.6 Å². The van der Waals surface area contributed by atoms with Gasteiger partial charge in [0.05, 0.1) is 17.6 Å². The van der Waals surface area contributed by atoms with Crippen LogP contribution in [0.1, 0.15) is 25.7 Å². The van der Waals surface area contributed by atoms with E-state index in [2.05, 4.69) is 30.4 Å². The van der Waals surface area contributed by atoms with Gasteiger partial charge < -0.3 is 15.1 Å². The maximum Gasteiger partial charge on any atom is 0.245 e. The Morgan fingerprint density at radius 1 is 1.18 bits per heavy atom. The number of halogens is 2. The number of fused-ring (bicyclic) bond motifs is 2. The molecule has 0 spiro atoms. The van der Waals surface area contributed by atoms with E-state index in [1.807, 2.05) is 4.90 Å². The lowest BCUT2D eigenvalue weighted by atomic mass is 9.92. The van der Waals surface area contributed by atoms with Crippen molar-refractivity contribution in [3.63, 3.8) is 0 Å². The van der Waals surface area contributed by atoms with Crippen molar-refractivity contribution < 1.29 is 9.18 Å². The van der Waals surface area contributed by atoms with Crippen molar-refractivity contribution in [1.82, 2.24) is 25.1 Å². The minimum Gasteiger partial charge on any atom is -0.373 e. The van der Waals surface area contributed by atoms with Crippen LogP contribution in [0.2, 0.25) is 5.02 Å². The molecule has 6 rings (SSSR count). The van der Waals surface area contributed by atoms with Crippen molar-refractivity contribution in [2.45, 2.75) is 37.8 Å². The van der Waals surface area contributed by atoms with E-state index in [9.17, 15) is 9.18 Å². The Bertz CT molecular complexity index is 1180. The largest absolute Gasteiger partial charge is 0.373 e. The highest BCUT2D eigenvalue weighted by Gasteiger charge is 2.46. The van der Waals surface area contributed by atoms with Crippen LogP contribution in [0.5, 0.6) is 0 Å². The summed E-state index contributed by atoms with van der Waals surface area (Å²) in [5.41, 5.74) is 1.27. The zero-order chi connectivity index (χ0) is 22.5. The Morgan fingerprint density at radius 2 is 2.03 bits per heavy atom. The molecular formula is C23H25ClFN7O. The van der Waals surface area contributed by atoms with Gasteiger partial charge in [-0.25, -0.2) is 14.4 Å². The van der Waals surface area contributed by atoms with Gasteiger partial charge in [-0.05, 0) is 55.7 Å². The number of H-pyrrole nitrogens is 1. The standard InChI is InChI=1S/C23H25ClFN7O/c24-15-7-16(25)9-17(8-15)29-20(14-1-2-14)23(33)32-6-4-13-3-5-31(11-19(13)32)22-18-10-28-30-21(18)26-12-27-22/h7-10,12-14,19-20,29H,1-6,11H2,(H,26,27,28,30)/t13-,19-,20+/m0/s1. The van der Waals surface area contributed by atoms with Gasteiger partial charge in [0.1, 0.15) is 24.0 Å². The summed E-state index contributed by atoms with van der Waals surface area (Å²) < 4.78 is 13.9. The Labute approximate surface area is 195 Å². The predicted molar refractivity (Wildman–Crippen MR) is 124 cm³/mol. The molecule has 3 fully saturated rings. The van der Waals surface area contributed by atoms with Crippen molar-refractivity contribution in [3.8, 4) is 0 Å². The molecule has 0 radical (unpaired) electrons. The number of hydrogen-bond donors (Lipinski definition) is 2. The summed E-state index contributed by atoms with van der Waals surface area (Å²) in [4.78, 5) is 26.8. The molecule has 33 heavy (non-hydrogen) atoms. The van der Waals surface area contributed by atoms with Gasteiger partial charge in [0, 0.05) is 30.3 Å². The summed E-state index contributed by atoms with van der Waals surface area (Å²) in [6.45, 7) is 2.38. The minimum atomic E-state index is -0.411. The Morgan fingerprint density at radius 3 is 2.85 bits per heavy atom. The van der Waals surface area contributed by atoms with Crippen LogP contribution in [0.4, 0.5) is 15.9 Å². The monoisotopic (exact) mass is 469 g/mol. The Hall–Kier alpha value is -2.94. The molecule has 2 N–H and O–H groups in total. The quantitative estimate of drug-likeness (QED) is 0.594. The molecule has 10 heteroatoms.